The van der Waals surface area contributed by atoms with Crippen molar-refractivity contribution in [1.82, 2.24) is 0 Å². The van der Waals surface area contributed by atoms with Crippen LogP contribution in [0.15, 0.2) is 24.1 Å². The zero-order chi connectivity index (χ0) is 20.8. The second-order valence-corrected chi connectivity index (χ2v) is 8.23. The van der Waals surface area contributed by atoms with Crippen molar-refractivity contribution in [3.8, 4) is 11.8 Å². The quantitative estimate of drug-likeness (QED) is 0.231. The van der Waals surface area contributed by atoms with E-state index >= 15 is 0 Å². The molecule has 0 radical (unpaired) electrons. The van der Waals surface area contributed by atoms with E-state index in [4.69, 9.17) is 24.7 Å². The molecular formula is C23H39NO4. The van der Waals surface area contributed by atoms with Crippen LogP contribution in [-0.4, -0.2) is 43.7 Å². The van der Waals surface area contributed by atoms with E-state index in [0.717, 1.165) is 38.9 Å². The van der Waals surface area contributed by atoms with Crippen LogP contribution in [-0.2, 0) is 18.9 Å². The molecule has 28 heavy (non-hydrogen) atoms. The van der Waals surface area contributed by atoms with Crippen LogP contribution in [0.5, 0.6) is 0 Å². The fraction of sp³-hybridized carbons (Fsp3) is 0.739. The monoisotopic (exact) mass is 393 g/mol. The van der Waals surface area contributed by atoms with Crippen LogP contribution in [0.4, 0.5) is 0 Å². The van der Waals surface area contributed by atoms with Gasteiger partial charge in [0.2, 0.25) is 0 Å². The van der Waals surface area contributed by atoms with Gasteiger partial charge in [0.05, 0.1) is 24.4 Å². The summed E-state index contributed by atoms with van der Waals surface area (Å²) in [6.45, 7) is 12.4. The molecule has 1 rings (SSSR count). The molecule has 1 aliphatic carbocycles. The molecule has 0 aromatic carbocycles. The van der Waals surface area contributed by atoms with Crippen LogP contribution < -0.4 is 5.73 Å². The molecule has 0 unspecified atom stereocenters. The summed E-state index contributed by atoms with van der Waals surface area (Å²) in [6, 6.07) is 0. The van der Waals surface area contributed by atoms with E-state index in [-0.39, 0.29) is 23.9 Å². The Morgan fingerprint density at radius 3 is 2.50 bits per heavy atom. The number of hydrogen-bond acceptors (Lipinski definition) is 5. The van der Waals surface area contributed by atoms with Crippen molar-refractivity contribution in [2.45, 2.75) is 90.6 Å². The second kappa shape index (κ2) is 13.7. The van der Waals surface area contributed by atoms with Gasteiger partial charge in [0.25, 0.3) is 0 Å². The Morgan fingerprint density at radius 2 is 1.86 bits per heavy atom. The second-order valence-electron chi connectivity index (χ2n) is 8.23. The molecule has 0 heterocycles. The highest BCUT2D eigenvalue weighted by atomic mass is 16.5. The SMILES string of the molecule is CC(C)OCCCOCCC#CC/C=C\C(=C/N)OC1CC(OC(C)(C)C)C1. The van der Waals surface area contributed by atoms with Crippen LogP contribution in [0.3, 0.4) is 0 Å². The third kappa shape index (κ3) is 12.8. The summed E-state index contributed by atoms with van der Waals surface area (Å²) in [6.07, 6.45) is 10.3. The average molecular weight is 394 g/mol. The van der Waals surface area contributed by atoms with E-state index in [1.807, 2.05) is 26.0 Å². The minimum atomic E-state index is -0.103. The Balaban J connectivity index is 2.06. The maximum atomic E-state index is 5.92. The molecular weight excluding hydrogens is 354 g/mol. The minimum Gasteiger partial charge on any atom is -0.489 e. The summed E-state index contributed by atoms with van der Waals surface area (Å²) in [5.41, 5.74) is 5.55. The molecule has 1 saturated carbocycles. The third-order valence-corrected chi connectivity index (χ3v) is 3.92. The van der Waals surface area contributed by atoms with E-state index in [2.05, 4.69) is 32.6 Å². The van der Waals surface area contributed by atoms with Gasteiger partial charge in [-0.3, -0.25) is 0 Å². The van der Waals surface area contributed by atoms with Crippen molar-refractivity contribution in [3.63, 3.8) is 0 Å². The van der Waals surface area contributed by atoms with Crippen molar-refractivity contribution in [2.75, 3.05) is 19.8 Å². The van der Waals surface area contributed by atoms with Crippen molar-refractivity contribution in [1.29, 1.82) is 0 Å². The summed E-state index contributed by atoms with van der Waals surface area (Å²) in [4.78, 5) is 0. The van der Waals surface area contributed by atoms with Crippen molar-refractivity contribution >= 4 is 0 Å². The summed E-state index contributed by atoms with van der Waals surface area (Å²) >= 11 is 0. The topological polar surface area (TPSA) is 62.9 Å². The first kappa shape index (κ1) is 24.6. The Bertz CT molecular complexity index is 531. The lowest BCUT2D eigenvalue weighted by Gasteiger charge is -2.39. The zero-order valence-electron chi connectivity index (χ0n) is 18.3. The maximum absolute atomic E-state index is 5.92. The van der Waals surface area contributed by atoms with Crippen LogP contribution in [0.25, 0.3) is 0 Å². The molecule has 0 atom stereocenters. The standard InChI is InChI=1S/C23H39NO4/c1-19(2)26-15-11-14-25-13-10-8-6-7-9-12-20(18-24)27-21-16-22(17-21)28-23(3,4)5/h9,12,18-19,21-22H,7,10-11,13-17,24H2,1-5H3/b12-9-,20-18+. The van der Waals surface area contributed by atoms with Crippen LogP contribution in [0, 0.1) is 11.8 Å². The highest BCUT2D eigenvalue weighted by Crippen LogP contribution is 2.31. The van der Waals surface area contributed by atoms with E-state index in [0.29, 0.717) is 18.8 Å². The fourth-order valence-electron chi connectivity index (χ4n) is 2.64. The van der Waals surface area contributed by atoms with Gasteiger partial charge < -0.3 is 24.7 Å². The highest BCUT2D eigenvalue weighted by molar-refractivity contribution is 5.15. The van der Waals surface area contributed by atoms with Gasteiger partial charge in [-0.15, -0.1) is 5.92 Å². The average Bonchev–Trinajstić information content (AvgIpc) is 2.57. The summed E-state index contributed by atoms with van der Waals surface area (Å²) in [5, 5.41) is 0. The predicted molar refractivity (Wildman–Crippen MR) is 114 cm³/mol. The van der Waals surface area contributed by atoms with E-state index in [1.54, 1.807) is 0 Å². The molecule has 2 N–H and O–H groups in total. The van der Waals surface area contributed by atoms with Crippen molar-refractivity contribution < 1.29 is 18.9 Å². The normalized spacial score (nSPS) is 20.1. The molecule has 0 amide bonds. The first-order valence-electron chi connectivity index (χ1n) is 10.4. The lowest BCUT2D eigenvalue weighted by molar-refractivity contribution is -0.137. The Hall–Kier alpha value is -1.48. The van der Waals surface area contributed by atoms with Gasteiger partial charge in [-0.1, -0.05) is 12.0 Å². The maximum Gasteiger partial charge on any atom is 0.134 e. The van der Waals surface area contributed by atoms with Crippen LogP contribution in [0.1, 0.15) is 66.7 Å². The fourth-order valence-corrected chi connectivity index (χ4v) is 2.64. The lowest BCUT2D eigenvalue weighted by Crippen LogP contribution is -2.41. The highest BCUT2D eigenvalue weighted by Gasteiger charge is 2.34. The summed E-state index contributed by atoms with van der Waals surface area (Å²) in [5.74, 6) is 6.91. The van der Waals surface area contributed by atoms with Crippen molar-refractivity contribution in [3.05, 3.63) is 24.1 Å². The summed E-state index contributed by atoms with van der Waals surface area (Å²) < 4.78 is 22.8. The molecule has 1 aliphatic rings. The molecule has 5 nitrogen and oxygen atoms in total. The molecule has 0 aromatic rings. The number of hydrogen-bond donors (Lipinski definition) is 1. The molecule has 0 spiro atoms. The van der Waals surface area contributed by atoms with Gasteiger partial charge in [0, 0.05) is 45.1 Å². The third-order valence-electron chi connectivity index (χ3n) is 3.92. The predicted octanol–water partition coefficient (Wildman–Crippen LogP) is 4.32. The van der Waals surface area contributed by atoms with E-state index < -0.39 is 0 Å². The number of nitrogens with two attached hydrogens (primary N) is 1. The minimum absolute atomic E-state index is 0.103. The largest absolute Gasteiger partial charge is 0.489 e. The van der Waals surface area contributed by atoms with E-state index in [9.17, 15) is 0 Å². The molecule has 0 aliphatic heterocycles. The number of ether oxygens (including phenoxy) is 4. The number of allylic oxidation sites excluding steroid dienone is 2. The van der Waals surface area contributed by atoms with Crippen molar-refractivity contribution in [2.24, 2.45) is 5.73 Å². The molecule has 0 aromatic heterocycles. The van der Waals surface area contributed by atoms with Gasteiger partial charge >= 0.3 is 0 Å². The van der Waals surface area contributed by atoms with Gasteiger partial charge in [-0.2, -0.15) is 0 Å². The summed E-state index contributed by atoms with van der Waals surface area (Å²) in [7, 11) is 0. The Labute approximate surface area is 171 Å². The van der Waals surface area contributed by atoms with Gasteiger partial charge in [0.1, 0.15) is 11.9 Å². The molecule has 5 heteroatoms. The first-order chi connectivity index (χ1) is 13.3. The molecule has 0 bridgehead atoms. The number of rotatable bonds is 12. The zero-order valence-corrected chi connectivity index (χ0v) is 18.3. The molecule has 160 valence electrons. The molecule has 0 saturated heterocycles. The van der Waals surface area contributed by atoms with Crippen LogP contribution >= 0.6 is 0 Å². The van der Waals surface area contributed by atoms with Gasteiger partial charge in [-0.05, 0) is 47.1 Å². The van der Waals surface area contributed by atoms with Crippen LogP contribution in [0.2, 0.25) is 0 Å². The smallest absolute Gasteiger partial charge is 0.134 e. The first-order valence-corrected chi connectivity index (χ1v) is 10.4. The Kier molecular flexibility index (Phi) is 12.0. The van der Waals surface area contributed by atoms with Gasteiger partial charge in [0.15, 0.2) is 0 Å². The Morgan fingerprint density at radius 1 is 1.11 bits per heavy atom. The van der Waals surface area contributed by atoms with E-state index in [1.165, 1.54) is 6.20 Å². The lowest BCUT2D eigenvalue weighted by atomic mass is 9.91. The van der Waals surface area contributed by atoms with Gasteiger partial charge in [-0.25, -0.2) is 0 Å². The molecule has 1 fully saturated rings.